The molecule has 0 radical (unpaired) electrons. The van der Waals surface area contributed by atoms with E-state index in [9.17, 15) is 9.90 Å². The van der Waals surface area contributed by atoms with Gasteiger partial charge in [0.15, 0.2) is 5.78 Å². The molecular weight excluding hydrogens is 240 g/mol. The van der Waals surface area contributed by atoms with Crippen LogP contribution in [0.4, 0.5) is 0 Å². The lowest BCUT2D eigenvalue weighted by Crippen LogP contribution is -2.32. The zero-order valence-electron chi connectivity index (χ0n) is 10.8. The first-order chi connectivity index (χ1) is 9.05. The molecule has 0 aliphatic heterocycles. The Morgan fingerprint density at radius 2 is 1.95 bits per heavy atom. The van der Waals surface area contributed by atoms with E-state index >= 15 is 0 Å². The number of carbonyl (C=O) groups excluding carboxylic acids is 1. The topological polar surface area (TPSA) is 46.5 Å². The summed E-state index contributed by atoms with van der Waals surface area (Å²) >= 11 is 0. The molecule has 3 heteroatoms. The number of methoxy groups -OCH3 is 1. The van der Waals surface area contributed by atoms with Gasteiger partial charge in [-0.15, -0.1) is 0 Å². The Balaban J connectivity index is 2.40. The van der Waals surface area contributed by atoms with E-state index in [1.54, 1.807) is 6.92 Å². The largest absolute Gasteiger partial charge is 0.496 e. The number of ketones is 1. The molecule has 0 amide bonds. The van der Waals surface area contributed by atoms with E-state index in [1.807, 2.05) is 30.3 Å². The highest BCUT2D eigenvalue weighted by atomic mass is 16.5. The van der Waals surface area contributed by atoms with Crippen LogP contribution in [0.2, 0.25) is 0 Å². The number of hydrogen-bond donors (Lipinski definition) is 1. The summed E-state index contributed by atoms with van der Waals surface area (Å²) in [5.41, 5.74) is -0.317. The number of hydrogen-bond acceptors (Lipinski definition) is 3. The Kier molecular flexibility index (Phi) is 3.55. The van der Waals surface area contributed by atoms with E-state index in [2.05, 4.69) is 11.8 Å². The lowest BCUT2D eigenvalue weighted by Gasteiger charge is -2.24. The van der Waals surface area contributed by atoms with E-state index in [1.165, 1.54) is 19.3 Å². The van der Waals surface area contributed by atoms with Gasteiger partial charge in [-0.25, -0.2) is 0 Å². The van der Waals surface area contributed by atoms with E-state index in [-0.39, 0.29) is 11.5 Å². The van der Waals surface area contributed by atoms with Crippen molar-refractivity contribution in [1.29, 1.82) is 0 Å². The summed E-state index contributed by atoms with van der Waals surface area (Å²) in [7, 11) is 1.41. The molecule has 0 saturated carbocycles. The summed E-state index contributed by atoms with van der Waals surface area (Å²) in [6.45, 7) is 1.64. The molecule has 0 heterocycles. The maximum atomic E-state index is 11.5. The van der Waals surface area contributed by atoms with Gasteiger partial charge in [0.2, 0.25) is 5.60 Å². The molecule has 19 heavy (non-hydrogen) atoms. The van der Waals surface area contributed by atoms with Crippen LogP contribution in [0.15, 0.2) is 53.8 Å². The van der Waals surface area contributed by atoms with Gasteiger partial charge in [-0.2, -0.15) is 0 Å². The van der Waals surface area contributed by atoms with Crippen molar-refractivity contribution in [3.8, 4) is 11.8 Å². The lowest BCUT2D eigenvalue weighted by atomic mass is 9.91. The summed E-state index contributed by atoms with van der Waals surface area (Å²) in [6, 6.07) is 9.32. The molecule has 2 rings (SSSR count). The molecule has 1 aromatic carbocycles. The average molecular weight is 254 g/mol. The fourth-order valence-electron chi connectivity index (χ4n) is 1.80. The first-order valence-corrected chi connectivity index (χ1v) is 5.86. The third-order valence-corrected chi connectivity index (χ3v) is 2.84. The highest BCUT2D eigenvalue weighted by molar-refractivity contribution is 6.05. The van der Waals surface area contributed by atoms with Gasteiger partial charge >= 0.3 is 0 Å². The van der Waals surface area contributed by atoms with Crippen molar-refractivity contribution in [3.63, 3.8) is 0 Å². The van der Waals surface area contributed by atoms with Gasteiger partial charge in [0.25, 0.3) is 0 Å². The number of allylic oxidation sites excluding steroid dienone is 2. The minimum absolute atomic E-state index is 0.145. The van der Waals surface area contributed by atoms with Crippen LogP contribution in [0.1, 0.15) is 12.5 Å². The highest BCUT2D eigenvalue weighted by Gasteiger charge is 2.33. The first kappa shape index (κ1) is 13.1. The smallest absolute Gasteiger partial charge is 0.203 e. The third kappa shape index (κ3) is 2.75. The minimum Gasteiger partial charge on any atom is -0.496 e. The van der Waals surface area contributed by atoms with Gasteiger partial charge in [0.1, 0.15) is 5.76 Å². The Labute approximate surface area is 112 Å². The summed E-state index contributed by atoms with van der Waals surface area (Å²) in [5.74, 6) is 5.59. The van der Waals surface area contributed by atoms with Crippen molar-refractivity contribution < 1.29 is 14.6 Å². The monoisotopic (exact) mass is 254 g/mol. The maximum absolute atomic E-state index is 11.5. The van der Waals surface area contributed by atoms with Crippen LogP contribution in [-0.4, -0.2) is 23.6 Å². The van der Waals surface area contributed by atoms with Crippen LogP contribution in [0.25, 0.3) is 0 Å². The van der Waals surface area contributed by atoms with E-state index in [0.717, 1.165) is 5.56 Å². The van der Waals surface area contributed by atoms with Crippen LogP contribution in [0.3, 0.4) is 0 Å². The second kappa shape index (κ2) is 5.13. The minimum atomic E-state index is -1.55. The molecule has 1 atom stereocenters. The highest BCUT2D eigenvalue weighted by Crippen LogP contribution is 2.25. The SMILES string of the molecule is COC1=CC(=O)C(C)=CC1(O)C#Cc1ccccc1. The Morgan fingerprint density at radius 3 is 2.58 bits per heavy atom. The van der Waals surface area contributed by atoms with Crippen LogP contribution >= 0.6 is 0 Å². The number of ether oxygens (including phenoxy) is 1. The Hall–Kier alpha value is -2.31. The molecule has 0 saturated heterocycles. The number of benzene rings is 1. The van der Waals surface area contributed by atoms with Crippen molar-refractivity contribution in [2.75, 3.05) is 7.11 Å². The van der Waals surface area contributed by atoms with Crippen LogP contribution in [0.5, 0.6) is 0 Å². The van der Waals surface area contributed by atoms with Crippen molar-refractivity contribution in [2.45, 2.75) is 12.5 Å². The van der Waals surface area contributed by atoms with Crippen molar-refractivity contribution in [2.24, 2.45) is 0 Å². The standard InChI is InChI=1S/C16H14O3/c1-12-11-16(18,15(19-2)10-14(12)17)9-8-13-6-4-3-5-7-13/h3-7,10-11,18H,1-2H3. The summed E-state index contributed by atoms with van der Waals surface area (Å²) in [4.78, 5) is 11.5. The fraction of sp³-hybridized carbons (Fsp3) is 0.188. The second-order valence-electron chi connectivity index (χ2n) is 4.29. The van der Waals surface area contributed by atoms with Gasteiger partial charge in [0.05, 0.1) is 7.11 Å². The molecule has 0 aromatic heterocycles. The fourth-order valence-corrected chi connectivity index (χ4v) is 1.80. The molecule has 1 aliphatic carbocycles. The molecule has 1 unspecified atom stereocenters. The van der Waals surface area contributed by atoms with Gasteiger partial charge < -0.3 is 9.84 Å². The molecule has 1 aliphatic rings. The number of aliphatic hydroxyl groups is 1. The Bertz CT molecular complexity index is 614. The zero-order chi connectivity index (χ0) is 13.9. The molecule has 1 aromatic rings. The summed E-state index contributed by atoms with van der Waals surface area (Å²) in [6.07, 6.45) is 2.69. The Morgan fingerprint density at radius 1 is 1.26 bits per heavy atom. The van der Waals surface area contributed by atoms with Crippen LogP contribution in [0, 0.1) is 11.8 Å². The predicted molar refractivity (Wildman–Crippen MR) is 72.1 cm³/mol. The molecule has 0 fully saturated rings. The predicted octanol–water partition coefficient (Wildman–Crippen LogP) is 1.83. The number of rotatable bonds is 1. The van der Waals surface area contributed by atoms with E-state index in [4.69, 9.17) is 4.74 Å². The van der Waals surface area contributed by atoms with Crippen LogP contribution < -0.4 is 0 Å². The lowest BCUT2D eigenvalue weighted by molar-refractivity contribution is -0.112. The molecule has 0 bridgehead atoms. The summed E-state index contributed by atoms with van der Waals surface area (Å²) < 4.78 is 5.06. The van der Waals surface area contributed by atoms with Crippen molar-refractivity contribution >= 4 is 5.78 Å². The van der Waals surface area contributed by atoms with E-state index in [0.29, 0.717) is 5.57 Å². The summed E-state index contributed by atoms with van der Waals surface area (Å²) in [5, 5.41) is 10.5. The molecular formula is C16H14O3. The maximum Gasteiger partial charge on any atom is 0.203 e. The van der Waals surface area contributed by atoms with E-state index < -0.39 is 5.60 Å². The zero-order valence-corrected chi connectivity index (χ0v) is 10.8. The quantitative estimate of drug-likeness (QED) is 0.778. The van der Waals surface area contributed by atoms with Crippen LogP contribution in [-0.2, 0) is 9.53 Å². The third-order valence-electron chi connectivity index (χ3n) is 2.84. The van der Waals surface area contributed by atoms with Gasteiger partial charge in [0, 0.05) is 11.6 Å². The van der Waals surface area contributed by atoms with Crippen molar-refractivity contribution in [3.05, 3.63) is 59.4 Å². The molecule has 1 N–H and O–H groups in total. The molecule has 0 spiro atoms. The average Bonchev–Trinajstić information content (AvgIpc) is 2.42. The molecule has 96 valence electrons. The first-order valence-electron chi connectivity index (χ1n) is 5.86. The van der Waals surface area contributed by atoms with Gasteiger partial charge in [-0.3, -0.25) is 4.79 Å². The van der Waals surface area contributed by atoms with Gasteiger partial charge in [-0.05, 0) is 30.7 Å². The second-order valence-corrected chi connectivity index (χ2v) is 4.29. The van der Waals surface area contributed by atoms with Crippen molar-refractivity contribution in [1.82, 2.24) is 0 Å². The normalized spacial score (nSPS) is 21.9. The van der Waals surface area contributed by atoms with Gasteiger partial charge in [-0.1, -0.05) is 30.0 Å². The number of carbonyl (C=O) groups is 1. The molecule has 3 nitrogen and oxygen atoms in total.